The van der Waals surface area contributed by atoms with E-state index in [-0.39, 0.29) is 0 Å². The number of benzene rings is 2. The molecule has 0 saturated carbocycles. The van der Waals surface area contributed by atoms with E-state index < -0.39 is 0 Å². The number of nitrogens with zero attached hydrogens (tertiary/aromatic N) is 1. The standard InChI is InChI=1S/C13H10ClN/c14-12-8-6-11(7-9-12)10-15-13-4-2-1-3-5-13/h1-10H/b15-10+. The second-order valence-electron chi connectivity index (χ2n) is 3.15. The Morgan fingerprint density at radius 3 is 2.20 bits per heavy atom. The van der Waals surface area contributed by atoms with Crippen LogP contribution in [0.5, 0.6) is 0 Å². The lowest BCUT2D eigenvalue weighted by molar-refractivity contribution is 1.53. The van der Waals surface area contributed by atoms with Crippen LogP contribution < -0.4 is 0 Å². The smallest absolute Gasteiger partial charge is 0.0629 e. The molecule has 74 valence electrons. The molecule has 2 heteroatoms. The summed E-state index contributed by atoms with van der Waals surface area (Å²) in [6.07, 6.45) is 1.83. The van der Waals surface area contributed by atoms with Crippen LogP contribution in [0.2, 0.25) is 5.02 Å². The van der Waals surface area contributed by atoms with E-state index in [0.717, 1.165) is 16.3 Å². The van der Waals surface area contributed by atoms with Gasteiger partial charge in [0.25, 0.3) is 0 Å². The van der Waals surface area contributed by atoms with Gasteiger partial charge < -0.3 is 0 Å². The minimum absolute atomic E-state index is 0.742. The van der Waals surface area contributed by atoms with Crippen molar-refractivity contribution in [2.24, 2.45) is 4.99 Å². The number of para-hydroxylation sites is 1. The minimum atomic E-state index is 0.742. The number of hydrogen-bond acceptors (Lipinski definition) is 1. The van der Waals surface area contributed by atoms with Gasteiger partial charge >= 0.3 is 0 Å². The van der Waals surface area contributed by atoms with E-state index in [2.05, 4.69) is 4.99 Å². The molecule has 2 aromatic rings. The maximum Gasteiger partial charge on any atom is 0.0629 e. The number of hydrogen-bond donors (Lipinski definition) is 0. The molecule has 0 aliphatic heterocycles. The normalized spacial score (nSPS) is 10.7. The van der Waals surface area contributed by atoms with Crippen LogP contribution in [-0.2, 0) is 0 Å². The van der Waals surface area contributed by atoms with Crippen LogP contribution in [0.25, 0.3) is 0 Å². The zero-order valence-electron chi connectivity index (χ0n) is 8.10. The summed E-state index contributed by atoms with van der Waals surface area (Å²) < 4.78 is 0. The molecule has 0 saturated heterocycles. The SMILES string of the molecule is Clc1ccc(/C=N/c2ccccc2)cc1. The van der Waals surface area contributed by atoms with Gasteiger partial charge in [-0.1, -0.05) is 41.9 Å². The van der Waals surface area contributed by atoms with Gasteiger partial charge in [-0.25, -0.2) is 0 Å². The molecule has 0 unspecified atom stereocenters. The van der Waals surface area contributed by atoms with Crippen molar-refractivity contribution in [2.45, 2.75) is 0 Å². The predicted octanol–water partition coefficient (Wildman–Crippen LogP) is 4.09. The molecule has 0 spiro atoms. The van der Waals surface area contributed by atoms with Crippen molar-refractivity contribution in [1.82, 2.24) is 0 Å². The van der Waals surface area contributed by atoms with Crippen LogP contribution in [0.15, 0.2) is 59.6 Å². The summed E-state index contributed by atoms with van der Waals surface area (Å²) in [5.41, 5.74) is 2.00. The Bertz CT molecular complexity index is 446. The Kier molecular flexibility index (Phi) is 3.15. The van der Waals surface area contributed by atoms with Gasteiger partial charge in [0.05, 0.1) is 5.69 Å². The van der Waals surface area contributed by atoms with E-state index in [4.69, 9.17) is 11.6 Å². The summed E-state index contributed by atoms with van der Waals surface area (Å²) in [5.74, 6) is 0. The third-order valence-electron chi connectivity index (χ3n) is 1.99. The second-order valence-corrected chi connectivity index (χ2v) is 3.58. The largest absolute Gasteiger partial charge is 0.256 e. The molecule has 0 heterocycles. The molecule has 15 heavy (non-hydrogen) atoms. The van der Waals surface area contributed by atoms with Gasteiger partial charge in [-0.3, -0.25) is 4.99 Å². The highest BCUT2D eigenvalue weighted by molar-refractivity contribution is 6.30. The number of halogens is 1. The van der Waals surface area contributed by atoms with Gasteiger partial charge in [-0.2, -0.15) is 0 Å². The average molecular weight is 216 g/mol. The number of rotatable bonds is 2. The second kappa shape index (κ2) is 4.76. The summed E-state index contributed by atoms with van der Waals surface area (Å²) in [5, 5.41) is 0.742. The average Bonchev–Trinajstić information content (AvgIpc) is 2.30. The Balaban J connectivity index is 2.15. The number of aliphatic imine (C=N–C) groups is 1. The van der Waals surface area contributed by atoms with Gasteiger partial charge in [-0.05, 0) is 29.8 Å². The van der Waals surface area contributed by atoms with E-state index in [1.54, 1.807) is 0 Å². The van der Waals surface area contributed by atoms with Crippen LogP contribution in [0.3, 0.4) is 0 Å². The molecule has 0 aromatic heterocycles. The topological polar surface area (TPSA) is 12.4 Å². The molecule has 0 radical (unpaired) electrons. The third kappa shape index (κ3) is 2.93. The summed E-state index contributed by atoms with van der Waals surface area (Å²) in [6.45, 7) is 0. The molecule has 0 atom stereocenters. The van der Waals surface area contributed by atoms with Crippen molar-refractivity contribution >= 4 is 23.5 Å². The third-order valence-corrected chi connectivity index (χ3v) is 2.24. The van der Waals surface area contributed by atoms with Crippen LogP contribution in [0.1, 0.15) is 5.56 Å². The first-order chi connectivity index (χ1) is 7.34. The van der Waals surface area contributed by atoms with E-state index in [9.17, 15) is 0 Å². The Morgan fingerprint density at radius 1 is 0.867 bits per heavy atom. The summed E-state index contributed by atoms with van der Waals surface area (Å²) in [6, 6.07) is 17.4. The summed E-state index contributed by atoms with van der Waals surface area (Å²) in [4.78, 5) is 4.34. The van der Waals surface area contributed by atoms with Crippen molar-refractivity contribution in [3.8, 4) is 0 Å². The molecule has 0 N–H and O–H groups in total. The zero-order chi connectivity index (χ0) is 10.5. The van der Waals surface area contributed by atoms with Gasteiger partial charge in [0.15, 0.2) is 0 Å². The maximum absolute atomic E-state index is 5.78. The lowest BCUT2D eigenvalue weighted by Crippen LogP contribution is -1.78. The zero-order valence-corrected chi connectivity index (χ0v) is 8.85. The van der Waals surface area contributed by atoms with Gasteiger partial charge in [-0.15, -0.1) is 0 Å². The minimum Gasteiger partial charge on any atom is -0.256 e. The molecule has 2 aromatic carbocycles. The van der Waals surface area contributed by atoms with Crippen LogP contribution in [0.4, 0.5) is 5.69 Å². The Hall–Kier alpha value is -1.60. The first-order valence-electron chi connectivity index (χ1n) is 4.69. The highest BCUT2D eigenvalue weighted by Crippen LogP contribution is 2.11. The highest BCUT2D eigenvalue weighted by atomic mass is 35.5. The molecular weight excluding hydrogens is 206 g/mol. The Labute approximate surface area is 94.1 Å². The molecule has 0 amide bonds. The molecule has 0 aliphatic rings. The lowest BCUT2D eigenvalue weighted by Gasteiger charge is -1.94. The lowest BCUT2D eigenvalue weighted by atomic mass is 10.2. The van der Waals surface area contributed by atoms with E-state index >= 15 is 0 Å². The van der Waals surface area contributed by atoms with E-state index in [0.29, 0.717) is 0 Å². The first kappa shape index (κ1) is 9.94. The fourth-order valence-corrected chi connectivity index (χ4v) is 1.34. The van der Waals surface area contributed by atoms with Crippen molar-refractivity contribution in [2.75, 3.05) is 0 Å². The summed E-state index contributed by atoms with van der Waals surface area (Å²) in [7, 11) is 0. The van der Waals surface area contributed by atoms with Crippen molar-refractivity contribution < 1.29 is 0 Å². The Morgan fingerprint density at radius 2 is 1.53 bits per heavy atom. The molecule has 0 aliphatic carbocycles. The molecule has 0 bridgehead atoms. The van der Waals surface area contributed by atoms with Crippen LogP contribution >= 0.6 is 11.6 Å². The van der Waals surface area contributed by atoms with Gasteiger partial charge in [0, 0.05) is 11.2 Å². The van der Waals surface area contributed by atoms with Crippen molar-refractivity contribution in [3.63, 3.8) is 0 Å². The quantitative estimate of drug-likeness (QED) is 0.669. The van der Waals surface area contributed by atoms with Crippen LogP contribution in [0, 0.1) is 0 Å². The summed E-state index contributed by atoms with van der Waals surface area (Å²) >= 11 is 5.78. The molecule has 2 rings (SSSR count). The van der Waals surface area contributed by atoms with E-state index in [1.807, 2.05) is 60.8 Å². The van der Waals surface area contributed by atoms with Crippen LogP contribution in [-0.4, -0.2) is 6.21 Å². The first-order valence-corrected chi connectivity index (χ1v) is 5.07. The molecular formula is C13H10ClN. The van der Waals surface area contributed by atoms with Crippen molar-refractivity contribution in [3.05, 3.63) is 65.2 Å². The molecule has 1 nitrogen and oxygen atoms in total. The van der Waals surface area contributed by atoms with Gasteiger partial charge in [0.2, 0.25) is 0 Å². The fraction of sp³-hybridized carbons (Fsp3) is 0. The fourth-order valence-electron chi connectivity index (χ4n) is 1.21. The van der Waals surface area contributed by atoms with Crippen molar-refractivity contribution in [1.29, 1.82) is 0 Å². The van der Waals surface area contributed by atoms with E-state index in [1.165, 1.54) is 0 Å². The predicted molar refractivity (Wildman–Crippen MR) is 65.1 cm³/mol. The maximum atomic E-state index is 5.78. The monoisotopic (exact) mass is 215 g/mol. The molecule has 0 fully saturated rings. The highest BCUT2D eigenvalue weighted by Gasteiger charge is 1.88. The van der Waals surface area contributed by atoms with Gasteiger partial charge in [0.1, 0.15) is 0 Å².